The van der Waals surface area contributed by atoms with E-state index in [1.165, 1.54) is 21.1 Å². The van der Waals surface area contributed by atoms with Crippen LogP contribution in [0.5, 0.6) is 5.75 Å². The predicted molar refractivity (Wildman–Crippen MR) is 150 cm³/mol. The number of Topliss-reactive ketones (excluding diaryl/α,β-unsaturated/α-hetero) is 1. The van der Waals surface area contributed by atoms with Crippen LogP contribution in [0.3, 0.4) is 0 Å². The van der Waals surface area contributed by atoms with Crippen LogP contribution in [0.25, 0.3) is 10.4 Å². The number of benzene rings is 4. The van der Waals surface area contributed by atoms with Gasteiger partial charge in [0.2, 0.25) is 0 Å². The summed E-state index contributed by atoms with van der Waals surface area (Å²) in [6.07, 6.45) is 1.05. The quantitative estimate of drug-likeness (QED) is 0.150. The van der Waals surface area contributed by atoms with Crippen LogP contribution in [-0.2, 0) is 10.1 Å². The first-order valence-electron chi connectivity index (χ1n) is 11.8. The average molecular weight is 587 g/mol. The van der Waals surface area contributed by atoms with Crippen molar-refractivity contribution in [2.24, 2.45) is 0 Å². The molecular formula is C30H23N2O4SSe+. The van der Waals surface area contributed by atoms with Gasteiger partial charge < -0.3 is 0 Å². The number of carbonyl (C=O) groups is 1. The van der Waals surface area contributed by atoms with E-state index in [0.29, 0.717) is 11.1 Å². The molecular weight excluding hydrogens is 563 g/mol. The van der Waals surface area contributed by atoms with Crippen LogP contribution in [0, 0.1) is 13.8 Å². The summed E-state index contributed by atoms with van der Waals surface area (Å²) in [5.41, 5.74) is 10.6. The van der Waals surface area contributed by atoms with Gasteiger partial charge in [-0.05, 0) is 0 Å². The fraction of sp³-hybridized carbons (Fsp3) is 0.0667. The predicted octanol–water partition coefficient (Wildman–Crippen LogP) is 3.44. The Hall–Kier alpha value is -4.06. The Bertz CT molecular complexity index is 1680. The summed E-state index contributed by atoms with van der Waals surface area (Å²) in [6.45, 7) is 3.65. The van der Waals surface area contributed by atoms with Crippen molar-refractivity contribution in [3.63, 3.8) is 0 Å². The van der Waals surface area contributed by atoms with Crippen molar-refractivity contribution < 1.29 is 22.2 Å². The SMILES string of the molecule is Cc1cc([Se+](c2ccccc2)c2ccccc2)cc(C)c1OS(=O)(=O)C1=CC(=[N+]=[N-])C(=O)c2ccccc21. The molecule has 0 atom stereocenters. The maximum absolute atomic E-state index is 13.5. The Kier molecular flexibility index (Phi) is 6.98. The third kappa shape index (κ3) is 4.78. The average Bonchev–Trinajstić information content (AvgIpc) is 2.92. The van der Waals surface area contributed by atoms with Crippen molar-refractivity contribution >= 4 is 53.8 Å². The van der Waals surface area contributed by atoms with Gasteiger partial charge in [-0.3, -0.25) is 0 Å². The van der Waals surface area contributed by atoms with Crippen molar-refractivity contribution in [3.8, 4) is 5.75 Å². The molecule has 0 amide bonds. The van der Waals surface area contributed by atoms with Gasteiger partial charge >= 0.3 is 227 Å². The fourth-order valence-electron chi connectivity index (χ4n) is 4.42. The molecule has 0 radical (unpaired) electrons. The number of rotatable bonds is 6. The molecule has 0 N–H and O–H groups in total. The molecule has 0 aliphatic heterocycles. The van der Waals surface area contributed by atoms with E-state index in [0.717, 1.165) is 10.5 Å². The van der Waals surface area contributed by atoms with Crippen LogP contribution in [0.2, 0.25) is 0 Å². The van der Waals surface area contributed by atoms with E-state index in [9.17, 15) is 18.7 Å². The third-order valence-corrected chi connectivity index (χ3v) is 12.0. The van der Waals surface area contributed by atoms with Gasteiger partial charge in [0.1, 0.15) is 0 Å². The van der Waals surface area contributed by atoms with Crippen molar-refractivity contribution in [2.75, 3.05) is 0 Å². The maximum atomic E-state index is 13.5. The van der Waals surface area contributed by atoms with E-state index < -0.39 is 29.8 Å². The number of aryl methyl sites for hydroxylation is 2. The molecule has 0 unspecified atom stereocenters. The van der Waals surface area contributed by atoms with E-state index in [4.69, 9.17) is 4.18 Å². The van der Waals surface area contributed by atoms with Crippen LogP contribution in [0.1, 0.15) is 27.0 Å². The minimum atomic E-state index is -4.37. The first kappa shape index (κ1) is 25.6. The molecule has 4 aromatic carbocycles. The van der Waals surface area contributed by atoms with E-state index in [1.807, 2.05) is 62.4 Å². The van der Waals surface area contributed by atoms with Gasteiger partial charge in [0, 0.05) is 0 Å². The zero-order chi connectivity index (χ0) is 26.9. The van der Waals surface area contributed by atoms with E-state index in [-0.39, 0.29) is 27.5 Å². The first-order chi connectivity index (χ1) is 18.3. The topological polar surface area (TPSA) is 96.8 Å². The van der Waals surface area contributed by atoms with E-state index in [1.54, 1.807) is 12.1 Å². The Morgan fingerprint density at radius 1 is 0.737 bits per heavy atom. The zero-order valence-electron chi connectivity index (χ0n) is 20.7. The number of hydrogen-bond acceptors (Lipinski definition) is 4. The molecule has 6 nitrogen and oxygen atoms in total. The van der Waals surface area contributed by atoms with Crippen molar-refractivity contribution in [1.82, 2.24) is 0 Å². The summed E-state index contributed by atoms with van der Waals surface area (Å²) in [5.74, 6) is -0.325. The molecule has 0 saturated carbocycles. The van der Waals surface area contributed by atoms with Gasteiger partial charge in [-0.2, -0.15) is 0 Å². The van der Waals surface area contributed by atoms with E-state index >= 15 is 0 Å². The third-order valence-electron chi connectivity index (χ3n) is 6.14. The summed E-state index contributed by atoms with van der Waals surface area (Å²) in [6, 6.07) is 30.9. The van der Waals surface area contributed by atoms with Crippen LogP contribution in [-0.4, -0.2) is 38.6 Å². The normalized spacial score (nSPS) is 13.1. The molecule has 0 saturated heterocycles. The molecule has 4 aromatic rings. The molecule has 38 heavy (non-hydrogen) atoms. The molecule has 1 aliphatic carbocycles. The summed E-state index contributed by atoms with van der Waals surface area (Å²) >= 11 is -1.65. The van der Waals surface area contributed by atoms with Gasteiger partial charge in [-0.15, -0.1) is 0 Å². The Labute approximate surface area is 225 Å². The molecule has 1 aliphatic rings. The van der Waals surface area contributed by atoms with Crippen molar-refractivity contribution in [3.05, 3.63) is 131 Å². The summed E-state index contributed by atoms with van der Waals surface area (Å²) in [5, 5.41) is 0. The number of hydrogen-bond donors (Lipinski definition) is 0. The fourth-order valence-corrected chi connectivity index (χ4v) is 10.4. The molecule has 5 rings (SSSR count). The zero-order valence-corrected chi connectivity index (χ0v) is 23.2. The summed E-state index contributed by atoms with van der Waals surface area (Å²) < 4.78 is 36.4. The first-order valence-corrected chi connectivity index (χ1v) is 15.8. The van der Waals surface area contributed by atoms with Gasteiger partial charge in [0.05, 0.1) is 0 Å². The number of nitrogens with zero attached hydrogens (tertiary/aromatic N) is 2. The second-order valence-electron chi connectivity index (χ2n) is 8.72. The molecule has 0 spiro atoms. The standard InChI is InChI=1S/C30H23N2O4SSe/c1-20-17-24(38(22-11-5-3-6-12-22)23-13-7-4-8-14-23)18-21(2)30(20)36-37(34,35)28-19-27(32-31)29(33)26-16-10-9-15-25(26)28/h3-19H,1-2H3/q+1. The monoisotopic (exact) mass is 587 g/mol. The summed E-state index contributed by atoms with van der Waals surface area (Å²) in [7, 11) is -4.37. The van der Waals surface area contributed by atoms with Crippen LogP contribution in [0.15, 0.2) is 103 Å². The van der Waals surface area contributed by atoms with Crippen molar-refractivity contribution in [2.45, 2.75) is 13.8 Å². The van der Waals surface area contributed by atoms with Crippen molar-refractivity contribution in [1.29, 1.82) is 0 Å². The Morgan fingerprint density at radius 2 is 1.24 bits per heavy atom. The molecule has 0 heterocycles. The van der Waals surface area contributed by atoms with E-state index in [2.05, 4.69) is 29.1 Å². The van der Waals surface area contributed by atoms with Crippen LogP contribution < -0.4 is 17.6 Å². The number of fused-ring (bicyclic) bond motifs is 1. The van der Waals surface area contributed by atoms with Gasteiger partial charge in [-0.1, -0.05) is 0 Å². The van der Waals surface area contributed by atoms with Gasteiger partial charge in [0.25, 0.3) is 0 Å². The second kappa shape index (κ2) is 10.4. The molecule has 0 aromatic heterocycles. The molecule has 0 bridgehead atoms. The van der Waals surface area contributed by atoms with Crippen LogP contribution in [0.4, 0.5) is 0 Å². The second-order valence-corrected chi connectivity index (χ2v) is 14.5. The molecule has 188 valence electrons. The molecule has 0 fully saturated rings. The van der Waals surface area contributed by atoms with Gasteiger partial charge in [-0.25, -0.2) is 0 Å². The molecule has 8 heteroatoms. The van der Waals surface area contributed by atoms with Crippen LogP contribution >= 0.6 is 0 Å². The van der Waals surface area contributed by atoms with Gasteiger partial charge in [0.15, 0.2) is 0 Å². The number of carbonyl (C=O) groups excluding carboxylic acids is 1. The number of allylic oxidation sites excluding steroid dienone is 1. The Balaban J connectivity index is 1.57. The summed E-state index contributed by atoms with van der Waals surface area (Å²) in [4.78, 5) is 15.3. The Morgan fingerprint density at radius 3 is 1.76 bits per heavy atom. The minimum absolute atomic E-state index is 0.132. The number of ketones is 1.